The number of aromatic carboxylic acids is 1. The second-order valence-corrected chi connectivity index (χ2v) is 4.51. The molecule has 0 aliphatic rings. The third kappa shape index (κ3) is 2.97. The van der Waals surface area contributed by atoms with Crippen LogP contribution in [0.3, 0.4) is 0 Å². The Morgan fingerprint density at radius 2 is 2.16 bits per heavy atom. The highest BCUT2D eigenvalue weighted by Crippen LogP contribution is 2.20. The van der Waals surface area contributed by atoms with Crippen molar-refractivity contribution in [1.82, 2.24) is 15.0 Å². The van der Waals surface area contributed by atoms with E-state index in [-0.39, 0.29) is 12.2 Å². The lowest BCUT2D eigenvalue weighted by Gasteiger charge is -2.14. The number of aromatic nitrogens is 3. The number of carboxylic acids is 1. The van der Waals surface area contributed by atoms with Crippen molar-refractivity contribution < 1.29 is 15.0 Å². The molecule has 0 fully saturated rings. The first-order valence-electron chi connectivity index (χ1n) is 5.86. The number of aliphatic hydroxyl groups is 1. The minimum absolute atomic E-state index is 0.131. The molecule has 0 amide bonds. The Morgan fingerprint density at radius 1 is 1.42 bits per heavy atom. The molecule has 0 saturated carbocycles. The maximum atomic E-state index is 10.7. The summed E-state index contributed by atoms with van der Waals surface area (Å²) in [6.45, 7) is 4.04. The van der Waals surface area contributed by atoms with Crippen LogP contribution in [0.25, 0.3) is 0 Å². The van der Waals surface area contributed by atoms with Crippen molar-refractivity contribution in [1.29, 1.82) is 0 Å². The molecule has 2 N–H and O–H groups in total. The van der Waals surface area contributed by atoms with Gasteiger partial charge in [0, 0.05) is 0 Å². The largest absolute Gasteiger partial charge is 0.476 e. The van der Waals surface area contributed by atoms with Gasteiger partial charge >= 0.3 is 5.97 Å². The molecular formula is C13H15N3O3. The summed E-state index contributed by atoms with van der Waals surface area (Å²) < 4.78 is 1.33. The number of carbonyl (C=O) groups is 1. The Morgan fingerprint density at radius 3 is 2.79 bits per heavy atom. The van der Waals surface area contributed by atoms with Gasteiger partial charge in [0.05, 0.1) is 18.8 Å². The summed E-state index contributed by atoms with van der Waals surface area (Å²) in [6, 6.07) is 5.83. The summed E-state index contributed by atoms with van der Waals surface area (Å²) in [5.74, 6) is -1.13. The van der Waals surface area contributed by atoms with E-state index in [0.717, 1.165) is 16.7 Å². The van der Waals surface area contributed by atoms with Gasteiger partial charge in [0.15, 0.2) is 5.69 Å². The first-order valence-corrected chi connectivity index (χ1v) is 5.86. The zero-order valence-electron chi connectivity index (χ0n) is 10.7. The Kier molecular flexibility index (Phi) is 3.62. The topological polar surface area (TPSA) is 88.2 Å². The van der Waals surface area contributed by atoms with Gasteiger partial charge in [-0.2, -0.15) is 0 Å². The molecule has 1 aromatic heterocycles. The van der Waals surface area contributed by atoms with Gasteiger partial charge in [-0.15, -0.1) is 5.10 Å². The molecule has 0 spiro atoms. The number of rotatable bonds is 4. The Balaban J connectivity index is 2.17. The molecule has 2 aromatic rings. The third-order valence-electron chi connectivity index (χ3n) is 2.91. The number of aliphatic hydroxyl groups excluding tert-OH is 1. The van der Waals surface area contributed by atoms with Crippen molar-refractivity contribution in [3.05, 3.63) is 46.8 Å². The molecule has 1 aromatic carbocycles. The van der Waals surface area contributed by atoms with E-state index >= 15 is 0 Å². The van der Waals surface area contributed by atoms with Crippen LogP contribution in [-0.2, 0) is 6.54 Å². The highest BCUT2D eigenvalue weighted by atomic mass is 16.4. The second-order valence-electron chi connectivity index (χ2n) is 4.51. The normalized spacial score (nSPS) is 12.4. The van der Waals surface area contributed by atoms with Crippen molar-refractivity contribution in [3.63, 3.8) is 0 Å². The van der Waals surface area contributed by atoms with E-state index in [1.807, 2.05) is 32.0 Å². The van der Waals surface area contributed by atoms with Crippen LogP contribution >= 0.6 is 0 Å². The lowest BCUT2D eigenvalue weighted by molar-refractivity contribution is 0.0690. The maximum absolute atomic E-state index is 10.7. The molecule has 1 unspecified atom stereocenters. The van der Waals surface area contributed by atoms with Crippen LogP contribution in [0.5, 0.6) is 0 Å². The van der Waals surface area contributed by atoms with Crippen molar-refractivity contribution in [2.24, 2.45) is 0 Å². The smallest absolute Gasteiger partial charge is 0.358 e. The van der Waals surface area contributed by atoms with Gasteiger partial charge in [-0.3, -0.25) is 0 Å². The van der Waals surface area contributed by atoms with Crippen LogP contribution in [0.15, 0.2) is 24.4 Å². The summed E-state index contributed by atoms with van der Waals surface area (Å²) in [6.07, 6.45) is 0.555. The fourth-order valence-electron chi connectivity index (χ4n) is 1.88. The molecule has 0 bridgehead atoms. The van der Waals surface area contributed by atoms with Gasteiger partial charge in [0.1, 0.15) is 0 Å². The molecule has 0 aliphatic carbocycles. The van der Waals surface area contributed by atoms with Crippen molar-refractivity contribution in [2.45, 2.75) is 26.5 Å². The van der Waals surface area contributed by atoms with Gasteiger partial charge in [-0.1, -0.05) is 29.0 Å². The van der Waals surface area contributed by atoms with Gasteiger partial charge in [-0.05, 0) is 25.0 Å². The average Bonchev–Trinajstić information content (AvgIpc) is 2.80. The quantitative estimate of drug-likeness (QED) is 0.866. The van der Waals surface area contributed by atoms with Crippen LogP contribution in [0.1, 0.15) is 33.3 Å². The zero-order valence-corrected chi connectivity index (χ0v) is 10.7. The summed E-state index contributed by atoms with van der Waals surface area (Å²) in [5, 5.41) is 26.1. The number of hydrogen-bond acceptors (Lipinski definition) is 4. The Bertz CT molecular complexity index is 607. The van der Waals surface area contributed by atoms with Crippen LogP contribution in [0.2, 0.25) is 0 Å². The van der Waals surface area contributed by atoms with E-state index in [1.54, 1.807) is 0 Å². The van der Waals surface area contributed by atoms with E-state index < -0.39 is 12.1 Å². The van der Waals surface area contributed by atoms with Gasteiger partial charge in [0.2, 0.25) is 0 Å². The molecule has 1 atom stereocenters. The van der Waals surface area contributed by atoms with Gasteiger partial charge < -0.3 is 10.2 Å². The molecule has 0 aliphatic heterocycles. The minimum Gasteiger partial charge on any atom is -0.476 e. The Hall–Kier alpha value is -2.21. The number of benzene rings is 1. The van der Waals surface area contributed by atoms with Crippen LogP contribution < -0.4 is 0 Å². The summed E-state index contributed by atoms with van der Waals surface area (Å²) in [4.78, 5) is 10.7. The van der Waals surface area contributed by atoms with Crippen molar-refractivity contribution >= 4 is 5.97 Å². The van der Waals surface area contributed by atoms with E-state index in [0.29, 0.717) is 0 Å². The average molecular weight is 261 g/mol. The SMILES string of the molecule is Cc1ccc(C)c(C(O)Cn2cc(C(=O)O)nn2)c1. The zero-order chi connectivity index (χ0) is 14.0. The maximum Gasteiger partial charge on any atom is 0.358 e. The van der Waals surface area contributed by atoms with Crippen LogP contribution in [-0.4, -0.2) is 31.2 Å². The van der Waals surface area contributed by atoms with E-state index in [2.05, 4.69) is 10.3 Å². The molecule has 0 radical (unpaired) electrons. The number of hydrogen-bond donors (Lipinski definition) is 2. The second kappa shape index (κ2) is 5.19. The highest BCUT2D eigenvalue weighted by molar-refractivity contribution is 5.84. The predicted octanol–water partition coefficient (Wildman–Crippen LogP) is 1.33. The molecule has 2 rings (SSSR count). The van der Waals surface area contributed by atoms with E-state index in [9.17, 15) is 9.90 Å². The Labute approximate surface area is 110 Å². The van der Waals surface area contributed by atoms with Crippen molar-refractivity contribution in [2.75, 3.05) is 0 Å². The standard InChI is InChI=1S/C13H15N3O3/c1-8-3-4-9(2)10(5-8)12(17)7-16-6-11(13(18)19)14-15-16/h3-6,12,17H,7H2,1-2H3,(H,18,19). The summed E-state index contributed by atoms with van der Waals surface area (Å²) >= 11 is 0. The first kappa shape index (κ1) is 13.2. The summed E-state index contributed by atoms with van der Waals surface area (Å²) in [5.41, 5.74) is 2.72. The molecular weight excluding hydrogens is 246 g/mol. The highest BCUT2D eigenvalue weighted by Gasteiger charge is 2.14. The summed E-state index contributed by atoms with van der Waals surface area (Å²) in [7, 11) is 0. The number of carboxylic acid groups (broad SMARTS) is 1. The monoisotopic (exact) mass is 261 g/mol. The molecule has 6 heteroatoms. The van der Waals surface area contributed by atoms with Gasteiger partial charge in [-0.25, -0.2) is 9.48 Å². The lowest BCUT2D eigenvalue weighted by Crippen LogP contribution is -2.10. The molecule has 0 saturated heterocycles. The van der Waals surface area contributed by atoms with Crippen LogP contribution in [0, 0.1) is 13.8 Å². The first-order chi connectivity index (χ1) is 8.97. The number of nitrogens with zero attached hydrogens (tertiary/aromatic N) is 3. The molecule has 100 valence electrons. The lowest BCUT2D eigenvalue weighted by atomic mass is 10.0. The fraction of sp³-hybridized carbons (Fsp3) is 0.308. The molecule has 19 heavy (non-hydrogen) atoms. The van der Waals surface area contributed by atoms with Gasteiger partial charge in [0.25, 0.3) is 0 Å². The predicted molar refractivity (Wildman–Crippen MR) is 67.9 cm³/mol. The number of aryl methyl sites for hydroxylation is 2. The molecule has 6 nitrogen and oxygen atoms in total. The van der Waals surface area contributed by atoms with Crippen molar-refractivity contribution in [3.8, 4) is 0 Å². The third-order valence-corrected chi connectivity index (χ3v) is 2.91. The van der Waals surface area contributed by atoms with E-state index in [1.165, 1.54) is 10.9 Å². The molecule has 1 heterocycles. The fourth-order valence-corrected chi connectivity index (χ4v) is 1.88. The van der Waals surface area contributed by atoms with E-state index in [4.69, 9.17) is 5.11 Å². The van der Waals surface area contributed by atoms with Crippen LogP contribution in [0.4, 0.5) is 0 Å². The minimum atomic E-state index is -1.13.